The van der Waals surface area contributed by atoms with Crippen LogP contribution in [0.25, 0.3) is 10.8 Å². The van der Waals surface area contributed by atoms with Crippen molar-refractivity contribution in [3.8, 4) is 11.8 Å². The van der Waals surface area contributed by atoms with E-state index in [1.165, 1.54) is 50.1 Å². The van der Waals surface area contributed by atoms with Gasteiger partial charge >= 0.3 is 6.01 Å². The standard InChI is InChI=1S/C24H25FN4O4.C5H11N/c1-3-16-17(25)6-5-14-11-15(30)12-19(20(14)16)29-13-18-21(23(29)31)22(27-24(26-18)32-2)28-7-4-9-33-10-8-28;1-6-4-2-3-5-6/h5-6,11-12,30H,3-4,7-10,13H2,1-2H3;2-5H2,1H3. The highest BCUT2D eigenvalue weighted by atomic mass is 19.1. The summed E-state index contributed by atoms with van der Waals surface area (Å²) in [5.74, 6) is -0.108. The van der Waals surface area contributed by atoms with E-state index in [9.17, 15) is 14.3 Å². The van der Waals surface area contributed by atoms with Crippen molar-refractivity contribution in [1.82, 2.24) is 14.9 Å². The molecule has 2 aromatic carbocycles. The van der Waals surface area contributed by atoms with Crippen LogP contribution in [0, 0.1) is 5.82 Å². The molecule has 6 rings (SSSR count). The maximum atomic E-state index is 14.7. The molecular weight excluding hydrogens is 501 g/mol. The number of benzene rings is 2. The molecule has 1 N–H and O–H groups in total. The number of anilines is 2. The summed E-state index contributed by atoms with van der Waals surface area (Å²) < 4.78 is 25.6. The monoisotopic (exact) mass is 537 g/mol. The molecule has 3 aromatic rings. The molecule has 4 heterocycles. The number of aromatic nitrogens is 2. The van der Waals surface area contributed by atoms with Gasteiger partial charge in [0.2, 0.25) is 0 Å². The van der Waals surface area contributed by atoms with Crippen LogP contribution in [0.4, 0.5) is 15.9 Å². The number of likely N-dealkylation sites (tertiary alicyclic amines) is 1. The van der Waals surface area contributed by atoms with Crippen molar-refractivity contribution in [3.63, 3.8) is 0 Å². The Kier molecular flexibility index (Phi) is 8.13. The molecule has 0 radical (unpaired) electrons. The second kappa shape index (κ2) is 11.7. The summed E-state index contributed by atoms with van der Waals surface area (Å²) in [5, 5.41) is 11.7. The van der Waals surface area contributed by atoms with Gasteiger partial charge in [0, 0.05) is 31.1 Å². The Hall–Kier alpha value is -3.50. The Bertz CT molecular complexity index is 1350. The molecule has 2 saturated heterocycles. The van der Waals surface area contributed by atoms with Crippen LogP contribution in [-0.2, 0) is 17.7 Å². The van der Waals surface area contributed by atoms with Crippen molar-refractivity contribution in [2.75, 3.05) is 63.4 Å². The van der Waals surface area contributed by atoms with Gasteiger partial charge in [-0.15, -0.1) is 0 Å². The maximum Gasteiger partial charge on any atom is 0.318 e. The number of phenolic OH excluding ortho intramolecular Hbond substituents is 1. The van der Waals surface area contributed by atoms with Crippen molar-refractivity contribution in [2.45, 2.75) is 39.2 Å². The molecule has 0 unspecified atom stereocenters. The van der Waals surface area contributed by atoms with Gasteiger partial charge in [-0.05, 0) is 68.9 Å². The van der Waals surface area contributed by atoms with E-state index in [1.54, 1.807) is 12.1 Å². The van der Waals surface area contributed by atoms with Gasteiger partial charge in [0.1, 0.15) is 22.9 Å². The maximum absolute atomic E-state index is 14.7. The van der Waals surface area contributed by atoms with Crippen molar-refractivity contribution in [1.29, 1.82) is 0 Å². The highest BCUT2D eigenvalue weighted by Gasteiger charge is 2.37. The van der Waals surface area contributed by atoms with E-state index in [1.807, 2.05) is 11.8 Å². The van der Waals surface area contributed by atoms with Crippen LogP contribution in [-0.4, -0.2) is 79.4 Å². The summed E-state index contributed by atoms with van der Waals surface area (Å²) in [7, 11) is 3.66. The molecule has 0 aliphatic carbocycles. The first-order valence-corrected chi connectivity index (χ1v) is 13.6. The number of methoxy groups -OCH3 is 1. The smallest absolute Gasteiger partial charge is 0.318 e. The second-order valence-corrected chi connectivity index (χ2v) is 10.2. The van der Waals surface area contributed by atoms with Gasteiger partial charge in [0.05, 0.1) is 31.6 Å². The predicted molar refractivity (Wildman–Crippen MR) is 148 cm³/mol. The Morgan fingerprint density at radius 1 is 1.08 bits per heavy atom. The summed E-state index contributed by atoms with van der Waals surface area (Å²) in [6.45, 7) is 7.16. The minimum absolute atomic E-state index is 0.00322. The number of ether oxygens (including phenoxy) is 2. The van der Waals surface area contributed by atoms with Crippen LogP contribution in [0.15, 0.2) is 24.3 Å². The van der Waals surface area contributed by atoms with E-state index in [4.69, 9.17) is 9.47 Å². The number of hydrogen-bond acceptors (Lipinski definition) is 8. The van der Waals surface area contributed by atoms with Crippen LogP contribution in [0.5, 0.6) is 11.8 Å². The number of carbonyl (C=O) groups excluding carboxylic acids is 1. The van der Waals surface area contributed by atoms with E-state index in [2.05, 4.69) is 21.9 Å². The van der Waals surface area contributed by atoms with E-state index >= 15 is 0 Å². The highest BCUT2D eigenvalue weighted by Crippen LogP contribution is 2.40. The largest absolute Gasteiger partial charge is 0.508 e. The van der Waals surface area contributed by atoms with E-state index in [0.29, 0.717) is 71.8 Å². The van der Waals surface area contributed by atoms with Gasteiger partial charge in [-0.1, -0.05) is 13.0 Å². The zero-order chi connectivity index (χ0) is 27.5. The van der Waals surface area contributed by atoms with Crippen molar-refractivity contribution < 1.29 is 23.8 Å². The van der Waals surface area contributed by atoms with Crippen LogP contribution < -0.4 is 14.5 Å². The molecule has 1 amide bonds. The third-order valence-corrected chi connectivity index (χ3v) is 7.52. The summed E-state index contributed by atoms with van der Waals surface area (Å²) in [6.07, 6.45) is 4.09. The lowest BCUT2D eigenvalue weighted by Gasteiger charge is -2.23. The van der Waals surface area contributed by atoms with Gasteiger partial charge in [-0.25, -0.2) is 4.39 Å². The molecule has 10 heteroatoms. The molecule has 0 bridgehead atoms. The number of fused-ring (bicyclic) bond motifs is 2. The lowest BCUT2D eigenvalue weighted by molar-refractivity contribution is 0.0997. The van der Waals surface area contributed by atoms with Gasteiger partial charge in [0.25, 0.3) is 5.91 Å². The minimum atomic E-state index is -0.340. The van der Waals surface area contributed by atoms with Crippen LogP contribution in [0.1, 0.15) is 47.8 Å². The number of rotatable bonds is 4. The van der Waals surface area contributed by atoms with Crippen molar-refractivity contribution in [3.05, 3.63) is 46.9 Å². The fourth-order valence-electron chi connectivity index (χ4n) is 5.54. The number of carbonyl (C=O) groups is 1. The Morgan fingerprint density at radius 3 is 2.56 bits per heavy atom. The summed E-state index contributed by atoms with van der Waals surface area (Å²) in [5.41, 5.74) is 1.90. The third kappa shape index (κ3) is 5.49. The van der Waals surface area contributed by atoms with Gasteiger partial charge in [-0.2, -0.15) is 9.97 Å². The molecule has 9 nitrogen and oxygen atoms in total. The molecule has 39 heavy (non-hydrogen) atoms. The van der Waals surface area contributed by atoms with Crippen LogP contribution in [0.3, 0.4) is 0 Å². The van der Waals surface area contributed by atoms with Gasteiger partial charge in [-0.3, -0.25) is 4.79 Å². The number of aryl methyl sites for hydroxylation is 1. The topological polar surface area (TPSA) is 91.3 Å². The fraction of sp³-hybridized carbons (Fsp3) is 0.483. The zero-order valence-electron chi connectivity index (χ0n) is 22.9. The molecule has 0 spiro atoms. The minimum Gasteiger partial charge on any atom is -0.508 e. The number of halogens is 1. The Labute approximate surface area is 228 Å². The lowest BCUT2D eigenvalue weighted by atomic mass is 9.99. The molecule has 1 aromatic heterocycles. The zero-order valence-corrected chi connectivity index (χ0v) is 22.9. The first-order chi connectivity index (χ1) is 18.9. The lowest BCUT2D eigenvalue weighted by Crippen LogP contribution is -2.30. The van der Waals surface area contributed by atoms with Gasteiger partial charge in [0.15, 0.2) is 0 Å². The summed E-state index contributed by atoms with van der Waals surface area (Å²) in [6, 6.07) is 6.28. The van der Waals surface area contributed by atoms with Crippen LogP contribution in [0.2, 0.25) is 0 Å². The normalized spacial score (nSPS) is 17.7. The predicted octanol–water partition coefficient (Wildman–Crippen LogP) is 4.14. The summed E-state index contributed by atoms with van der Waals surface area (Å²) in [4.78, 5) is 28.6. The SMILES string of the molecule is CCc1c(F)ccc2cc(O)cc(N3Cc4nc(OC)nc(N5CCCOCC5)c4C3=O)c12.CN1CCCC1. The average molecular weight is 538 g/mol. The molecule has 208 valence electrons. The summed E-state index contributed by atoms with van der Waals surface area (Å²) >= 11 is 0. The van der Waals surface area contributed by atoms with Crippen LogP contribution >= 0.6 is 0 Å². The molecule has 0 saturated carbocycles. The molecule has 0 atom stereocenters. The second-order valence-electron chi connectivity index (χ2n) is 10.2. The highest BCUT2D eigenvalue weighted by molar-refractivity contribution is 6.16. The number of nitrogens with zero attached hydrogens (tertiary/aromatic N) is 5. The first-order valence-electron chi connectivity index (χ1n) is 13.6. The van der Waals surface area contributed by atoms with Gasteiger partial charge < -0.3 is 29.3 Å². The van der Waals surface area contributed by atoms with Crippen molar-refractivity contribution >= 4 is 28.2 Å². The molecule has 3 aliphatic heterocycles. The number of phenols is 1. The number of hydrogen-bond donors (Lipinski definition) is 1. The number of amides is 1. The molecule has 3 aliphatic rings. The molecule has 2 fully saturated rings. The Balaban J connectivity index is 0.000000455. The van der Waals surface area contributed by atoms with Crippen molar-refractivity contribution in [2.24, 2.45) is 0 Å². The first kappa shape index (κ1) is 27.1. The van der Waals surface area contributed by atoms with E-state index in [0.717, 1.165) is 6.42 Å². The molecular formula is C29H36FN5O4. The third-order valence-electron chi connectivity index (χ3n) is 7.52. The average Bonchev–Trinajstić information content (AvgIpc) is 3.43. The number of aromatic hydroxyl groups is 1. The fourth-order valence-corrected chi connectivity index (χ4v) is 5.54. The quantitative estimate of drug-likeness (QED) is 0.531. The van der Waals surface area contributed by atoms with E-state index < -0.39 is 0 Å². The van der Waals surface area contributed by atoms with E-state index in [-0.39, 0.29) is 30.0 Å². The Morgan fingerprint density at radius 2 is 1.87 bits per heavy atom.